The normalized spacial score (nSPS) is 11.6. The molecule has 3 rings (SSSR count). The van der Waals surface area contributed by atoms with Gasteiger partial charge in [-0.25, -0.2) is 13.9 Å². The number of aromatic nitrogens is 1. The molecule has 0 aliphatic rings. The maximum absolute atomic E-state index is 12.4. The molecule has 0 bridgehead atoms. The summed E-state index contributed by atoms with van der Waals surface area (Å²) in [4.78, 5) is 21.2. The number of carbonyl (C=O) groups is 1. The first-order valence-corrected chi connectivity index (χ1v) is 10.3. The Morgan fingerprint density at radius 1 is 1.07 bits per heavy atom. The Morgan fingerprint density at radius 2 is 1.77 bits per heavy atom. The van der Waals surface area contributed by atoms with Gasteiger partial charge in [0.1, 0.15) is 12.0 Å². The molecule has 9 heteroatoms. The molecule has 0 atom stereocenters. The molecule has 0 aliphatic carbocycles. The number of sulfone groups is 1. The van der Waals surface area contributed by atoms with E-state index in [4.69, 9.17) is 4.84 Å². The van der Waals surface area contributed by atoms with Crippen molar-refractivity contribution in [1.29, 1.82) is 0 Å². The van der Waals surface area contributed by atoms with Crippen molar-refractivity contribution in [3.8, 4) is 5.75 Å². The fourth-order valence-corrected chi connectivity index (χ4v) is 3.46. The summed E-state index contributed by atoms with van der Waals surface area (Å²) in [6.45, 7) is 1.40. The van der Waals surface area contributed by atoms with Crippen molar-refractivity contribution in [2.75, 3.05) is 10.8 Å². The third-order valence-electron chi connectivity index (χ3n) is 4.07. The molecule has 30 heavy (non-hydrogen) atoms. The summed E-state index contributed by atoms with van der Waals surface area (Å²) < 4.78 is 24.8. The molecule has 3 N–H and O–H groups in total. The minimum atomic E-state index is -3.69. The van der Waals surface area contributed by atoms with Crippen molar-refractivity contribution in [3.63, 3.8) is 0 Å². The fraction of sp³-hybridized carbons (Fsp3) is 0.0476. The van der Waals surface area contributed by atoms with E-state index in [-0.39, 0.29) is 27.1 Å². The average Bonchev–Trinajstić information content (AvgIpc) is 2.76. The van der Waals surface area contributed by atoms with Crippen molar-refractivity contribution in [2.24, 2.45) is 0 Å². The van der Waals surface area contributed by atoms with E-state index >= 15 is 0 Å². The second-order valence-electron chi connectivity index (χ2n) is 6.19. The summed E-state index contributed by atoms with van der Waals surface area (Å²) in [6.07, 6.45) is 3.83. The number of benzene rings is 2. The molecule has 0 saturated heterocycles. The Balaban J connectivity index is 1.63. The Kier molecular flexibility index (Phi) is 6.33. The second kappa shape index (κ2) is 9.10. The first kappa shape index (κ1) is 20.9. The Hall–Kier alpha value is -3.85. The van der Waals surface area contributed by atoms with Crippen molar-refractivity contribution in [1.82, 2.24) is 4.98 Å². The van der Waals surface area contributed by atoms with E-state index in [1.165, 1.54) is 43.6 Å². The molecule has 3 aromatic rings. The molecule has 0 aliphatic heterocycles. The molecule has 0 radical (unpaired) electrons. The van der Waals surface area contributed by atoms with E-state index in [1.54, 1.807) is 36.4 Å². The average molecular weight is 425 g/mol. The fourth-order valence-electron chi connectivity index (χ4n) is 2.43. The minimum absolute atomic E-state index is 0.0165. The van der Waals surface area contributed by atoms with Gasteiger partial charge in [-0.05, 0) is 43.3 Å². The molecule has 0 fully saturated rings. The number of carbonyl (C=O) groups excluding carboxylic acids is 1. The molecule has 2 aromatic carbocycles. The number of rotatable bonds is 7. The third-order valence-corrected chi connectivity index (χ3v) is 5.90. The van der Waals surface area contributed by atoms with Crippen LogP contribution in [0.2, 0.25) is 0 Å². The summed E-state index contributed by atoms with van der Waals surface area (Å²) in [6, 6.07) is 15.8. The number of aromatic hydroxyl groups is 1. The van der Waals surface area contributed by atoms with Crippen LogP contribution in [0.25, 0.3) is 0 Å². The van der Waals surface area contributed by atoms with E-state index in [9.17, 15) is 18.3 Å². The van der Waals surface area contributed by atoms with Gasteiger partial charge in [-0.15, -0.1) is 0 Å². The number of anilines is 2. The number of allylic oxidation sites excluding steroid dienone is 1. The van der Waals surface area contributed by atoms with E-state index in [0.717, 1.165) is 6.26 Å². The molecule has 1 aromatic heterocycles. The molecule has 1 heterocycles. The summed E-state index contributed by atoms with van der Waals surface area (Å²) in [5.74, 6) is -0.541. The quantitative estimate of drug-likeness (QED) is 0.300. The van der Waals surface area contributed by atoms with Gasteiger partial charge in [-0.3, -0.25) is 9.78 Å². The molecule has 0 spiro atoms. The van der Waals surface area contributed by atoms with E-state index in [0.29, 0.717) is 11.3 Å². The van der Waals surface area contributed by atoms with E-state index in [2.05, 4.69) is 15.8 Å². The van der Waals surface area contributed by atoms with Gasteiger partial charge in [0, 0.05) is 24.0 Å². The van der Waals surface area contributed by atoms with Crippen LogP contribution in [0.5, 0.6) is 5.75 Å². The zero-order chi connectivity index (χ0) is 21.6. The number of nitrogens with one attached hydrogen (secondary N) is 2. The van der Waals surface area contributed by atoms with Crippen LogP contribution in [0, 0.1) is 0 Å². The standard InChI is InChI=1S/C21H19N3O5S/c1-15(30(27,28)18-9-11-22-12-10-18)14-29-24-17-7-8-19(20(25)13-17)23-21(26)16-5-3-2-4-6-16/h2-14,24-25H,1H3,(H,23,26)/b15-14-. The second-order valence-corrected chi connectivity index (χ2v) is 8.31. The maximum atomic E-state index is 12.4. The number of amides is 1. The number of phenolic OH excluding ortho intramolecular Hbond substituents is 1. The summed E-state index contributed by atoms with van der Waals surface area (Å²) in [7, 11) is -3.69. The highest BCUT2D eigenvalue weighted by Crippen LogP contribution is 2.27. The van der Waals surface area contributed by atoms with Gasteiger partial charge in [-0.2, -0.15) is 0 Å². The van der Waals surface area contributed by atoms with Crippen LogP contribution in [0.1, 0.15) is 17.3 Å². The van der Waals surface area contributed by atoms with Gasteiger partial charge in [-0.1, -0.05) is 18.2 Å². The van der Waals surface area contributed by atoms with Crippen LogP contribution >= 0.6 is 0 Å². The van der Waals surface area contributed by atoms with Gasteiger partial charge >= 0.3 is 0 Å². The van der Waals surface area contributed by atoms with Crippen LogP contribution < -0.4 is 10.8 Å². The number of phenols is 1. The zero-order valence-electron chi connectivity index (χ0n) is 15.9. The highest BCUT2D eigenvalue weighted by atomic mass is 32.2. The lowest BCUT2D eigenvalue weighted by Crippen LogP contribution is -2.11. The van der Waals surface area contributed by atoms with E-state index in [1.807, 2.05) is 0 Å². The van der Waals surface area contributed by atoms with Crippen LogP contribution in [0.4, 0.5) is 11.4 Å². The SMILES string of the molecule is C/C(=C/ONc1ccc(NC(=O)c2ccccc2)c(O)c1)S(=O)(=O)c1ccncc1. The van der Waals surface area contributed by atoms with Crippen LogP contribution in [-0.2, 0) is 14.7 Å². The van der Waals surface area contributed by atoms with Gasteiger partial charge in [0.15, 0.2) is 0 Å². The van der Waals surface area contributed by atoms with Crippen molar-refractivity contribution in [3.05, 3.63) is 89.8 Å². The molecular weight excluding hydrogens is 406 g/mol. The maximum Gasteiger partial charge on any atom is 0.255 e. The van der Waals surface area contributed by atoms with Gasteiger partial charge in [0.2, 0.25) is 9.84 Å². The van der Waals surface area contributed by atoms with Crippen molar-refractivity contribution in [2.45, 2.75) is 11.8 Å². The largest absolute Gasteiger partial charge is 0.506 e. The molecule has 1 amide bonds. The van der Waals surface area contributed by atoms with Gasteiger partial charge in [0.25, 0.3) is 5.91 Å². The molecule has 8 nitrogen and oxygen atoms in total. The summed E-state index contributed by atoms with van der Waals surface area (Å²) in [5, 5.41) is 12.8. The van der Waals surface area contributed by atoms with Crippen molar-refractivity contribution >= 4 is 27.1 Å². The Labute approximate surface area is 173 Å². The number of hydrogen-bond donors (Lipinski definition) is 3. The predicted molar refractivity (Wildman–Crippen MR) is 112 cm³/mol. The lowest BCUT2D eigenvalue weighted by atomic mass is 10.2. The third kappa shape index (κ3) is 4.95. The lowest BCUT2D eigenvalue weighted by Gasteiger charge is -2.10. The monoisotopic (exact) mass is 425 g/mol. The van der Waals surface area contributed by atoms with Crippen LogP contribution in [0.15, 0.2) is 89.1 Å². The van der Waals surface area contributed by atoms with E-state index < -0.39 is 9.84 Å². The molecule has 0 saturated carbocycles. The summed E-state index contributed by atoms with van der Waals surface area (Å²) in [5.41, 5.74) is 3.56. The summed E-state index contributed by atoms with van der Waals surface area (Å²) >= 11 is 0. The highest BCUT2D eigenvalue weighted by molar-refractivity contribution is 7.95. The van der Waals surface area contributed by atoms with Crippen LogP contribution in [-0.4, -0.2) is 24.4 Å². The Bertz CT molecular complexity index is 1160. The number of nitrogens with zero attached hydrogens (tertiary/aromatic N) is 1. The number of pyridine rings is 1. The first-order valence-electron chi connectivity index (χ1n) is 8.81. The topological polar surface area (TPSA) is 118 Å². The molecule has 154 valence electrons. The smallest absolute Gasteiger partial charge is 0.255 e. The van der Waals surface area contributed by atoms with Crippen molar-refractivity contribution < 1.29 is 23.2 Å². The molecule has 0 unspecified atom stereocenters. The predicted octanol–water partition coefficient (Wildman–Crippen LogP) is 3.72. The minimum Gasteiger partial charge on any atom is -0.506 e. The number of hydrogen-bond acceptors (Lipinski definition) is 7. The first-order chi connectivity index (χ1) is 14.4. The Morgan fingerprint density at radius 3 is 2.43 bits per heavy atom. The molecular formula is C21H19N3O5S. The highest BCUT2D eigenvalue weighted by Gasteiger charge is 2.17. The van der Waals surface area contributed by atoms with Crippen LogP contribution in [0.3, 0.4) is 0 Å². The van der Waals surface area contributed by atoms with Gasteiger partial charge < -0.3 is 15.3 Å². The van der Waals surface area contributed by atoms with Gasteiger partial charge in [0.05, 0.1) is 21.2 Å². The zero-order valence-corrected chi connectivity index (χ0v) is 16.8. The lowest BCUT2D eigenvalue weighted by molar-refractivity contribution is 0.102.